The molecule has 0 bridgehead atoms. The van der Waals surface area contributed by atoms with Gasteiger partial charge in [0.1, 0.15) is 0 Å². The number of benzene rings is 3. The molecule has 7 nitrogen and oxygen atoms in total. The number of sulfonamides is 1. The first-order valence-corrected chi connectivity index (χ1v) is 14.2. The van der Waals surface area contributed by atoms with Crippen molar-refractivity contribution in [3.8, 4) is 0 Å². The largest absolute Gasteiger partial charge is 0.345 e. The normalized spacial score (nSPS) is 15.6. The maximum atomic E-state index is 13.0. The van der Waals surface area contributed by atoms with E-state index in [2.05, 4.69) is 10.6 Å². The molecule has 37 heavy (non-hydrogen) atoms. The average Bonchev–Trinajstić information content (AvgIpc) is 2.90. The Morgan fingerprint density at radius 2 is 1.57 bits per heavy atom. The highest BCUT2D eigenvalue weighted by molar-refractivity contribution is 7.88. The Kier molecular flexibility index (Phi) is 8.63. The van der Waals surface area contributed by atoms with E-state index >= 15 is 0 Å². The molecule has 0 radical (unpaired) electrons. The Hall–Kier alpha value is -3.20. The fraction of sp³-hybridized carbons (Fsp3) is 0.286. The predicted molar refractivity (Wildman–Crippen MR) is 146 cm³/mol. The summed E-state index contributed by atoms with van der Waals surface area (Å²) in [5, 5.41) is 6.43. The number of hydrogen-bond donors (Lipinski definition) is 2. The minimum absolute atomic E-state index is 0.106. The molecule has 194 valence electrons. The molecule has 1 heterocycles. The lowest BCUT2D eigenvalue weighted by Crippen LogP contribution is -2.42. The van der Waals surface area contributed by atoms with Crippen molar-refractivity contribution in [1.82, 2.24) is 9.62 Å². The van der Waals surface area contributed by atoms with Gasteiger partial charge in [-0.15, -0.1) is 0 Å². The van der Waals surface area contributed by atoms with Gasteiger partial charge in [-0.2, -0.15) is 0 Å². The van der Waals surface area contributed by atoms with Crippen LogP contribution in [0.2, 0.25) is 5.02 Å². The molecule has 0 aliphatic carbocycles. The molecule has 0 spiro atoms. The quantitative estimate of drug-likeness (QED) is 0.420. The number of carbonyl (C=O) groups excluding carboxylic acids is 2. The molecule has 1 atom stereocenters. The van der Waals surface area contributed by atoms with Crippen LogP contribution in [0.4, 0.5) is 5.69 Å². The third kappa shape index (κ3) is 6.97. The highest BCUT2D eigenvalue weighted by Crippen LogP contribution is 2.25. The molecule has 3 aromatic rings. The number of nitrogens with zero attached hydrogens (tertiary/aromatic N) is 1. The second kappa shape index (κ2) is 11.9. The van der Waals surface area contributed by atoms with E-state index in [1.807, 2.05) is 37.3 Å². The van der Waals surface area contributed by atoms with Crippen LogP contribution in [0.5, 0.6) is 0 Å². The third-order valence-electron chi connectivity index (χ3n) is 6.56. The van der Waals surface area contributed by atoms with Crippen LogP contribution in [-0.2, 0) is 20.6 Å². The maximum absolute atomic E-state index is 13.0. The summed E-state index contributed by atoms with van der Waals surface area (Å²) >= 11 is 5.89. The zero-order valence-corrected chi connectivity index (χ0v) is 22.1. The summed E-state index contributed by atoms with van der Waals surface area (Å²) in [5.41, 5.74) is 2.46. The number of amides is 2. The van der Waals surface area contributed by atoms with E-state index in [1.54, 1.807) is 48.5 Å². The van der Waals surface area contributed by atoms with Gasteiger partial charge in [0.15, 0.2) is 0 Å². The number of halogens is 1. The van der Waals surface area contributed by atoms with Crippen LogP contribution in [0.1, 0.15) is 47.3 Å². The van der Waals surface area contributed by atoms with Gasteiger partial charge in [0, 0.05) is 24.0 Å². The Morgan fingerprint density at radius 3 is 2.24 bits per heavy atom. The lowest BCUT2D eigenvalue weighted by atomic mass is 9.97. The van der Waals surface area contributed by atoms with E-state index < -0.39 is 10.0 Å². The molecule has 0 saturated carbocycles. The number of rotatable bonds is 8. The minimum atomic E-state index is -3.50. The summed E-state index contributed by atoms with van der Waals surface area (Å²) in [6.07, 6.45) is 0.816. The average molecular weight is 540 g/mol. The van der Waals surface area contributed by atoms with Crippen molar-refractivity contribution in [2.24, 2.45) is 5.92 Å². The fourth-order valence-electron chi connectivity index (χ4n) is 4.40. The summed E-state index contributed by atoms with van der Waals surface area (Å²) < 4.78 is 27.2. The van der Waals surface area contributed by atoms with Crippen LogP contribution in [0.3, 0.4) is 0 Å². The number of anilines is 1. The zero-order chi connectivity index (χ0) is 26.4. The Morgan fingerprint density at radius 1 is 0.946 bits per heavy atom. The molecule has 2 N–H and O–H groups in total. The molecular weight excluding hydrogens is 510 g/mol. The van der Waals surface area contributed by atoms with Crippen LogP contribution < -0.4 is 10.6 Å². The van der Waals surface area contributed by atoms with E-state index in [-0.39, 0.29) is 42.6 Å². The van der Waals surface area contributed by atoms with Gasteiger partial charge in [-0.25, -0.2) is 12.7 Å². The molecule has 1 aliphatic heterocycles. The molecule has 0 unspecified atom stereocenters. The summed E-state index contributed by atoms with van der Waals surface area (Å²) in [7, 11) is -3.50. The highest BCUT2D eigenvalue weighted by atomic mass is 35.5. The monoisotopic (exact) mass is 539 g/mol. The third-order valence-corrected chi connectivity index (χ3v) is 8.66. The van der Waals surface area contributed by atoms with E-state index in [0.717, 1.165) is 5.56 Å². The standard InChI is InChI=1S/C28H30ClN3O4S/c1-20(22-7-3-2-4-8-22)30-28(34)25-9-5-6-10-26(25)31-27(33)23-15-17-32(18-16-23)37(35,36)19-21-11-13-24(29)14-12-21/h2-14,20,23H,15-19H2,1H3,(H,30,34)(H,31,33)/t20-/m0/s1. The second-order valence-corrected chi connectivity index (χ2v) is 11.6. The lowest BCUT2D eigenvalue weighted by molar-refractivity contribution is -0.120. The first kappa shape index (κ1) is 26.9. The van der Waals surface area contributed by atoms with Crippen molar-refractivity contribution in [3.63, 3.8) is 0 Å². The number of hydrogen-bond acceptors (Lipinski definition) is 4. The van der Waals surface area contributed by atoms with Gasteiger partial charge in [0.25, 0.3) is 5.91 Å². The van der Waals surface area contributed by atoms with Crippen molar-refractivity contribution in [2.75, 3.05) is 18.4 Å². The van der Waals surface area contributed by atoms with Crippen molar-refractivity contribution in [1.29, 1.82) is 0 Å². The summed E-state index contributed by atoms with van der Waals surface area (Å²) in [5.74, 6) is -0.951. The van der Waals surface area contributed by atoms with Gasteiger partial charge in [-0.05, 0) is 55.2 Å². The SMILES string of the molecule is C[C@H](NC(=O)c1ccccc1NC(=O)C1CCN(S(=O)(=O)Cc2ccc(Cl)cc2)CC1)c1ccccc1. The van der Waals surface area contributed by atoms with Gasteiger partial charge in [-0.3, -0.25) is 9.59 Å². The zero-order valence-electron chi connectivity index (χ0n) is 20.6. The number of carbonyl (C=O) groups is 2. The van der Waals surface area contributed by atoms with Crippen molar-refractivity contribution in [3.05, 3.63) is 101 Å². The number of piperidine rings is 1. The Bertz CT molecular complexity index is 1340. The molecule has 1 saturated heterocycles. The van der Waals surface area contributed by atoms with Gasteiger partial charge < -0.3 is 10.6 Å². The summed E-state index contributed by atoms with van der Waals surface area (Å²) in [6.45, 7) is 2.44. The Balaban J connectivity index is 1.35. The lowest BCUT2D eigenvalue weighted by Gasteiger charge is -2.30. The van der Waals surface area contributed by atoms with Gasteiger partial charge in [0.2, 0.25) is 15.9 Å². The van der Waals surface area contributed by atoms with E-state index in [4.69, 9.17) is 11.6 Å². The van der Waals surface area contributed by atoms with E-state index in [0.29, 0.717) is 34.7 Å². The molecular formula is C28H30ClN3O4S. The molecule has 1 aliphatic rings. The van der Waals surface area contributed by atoms with Gasteiger partial charge >= 0.3 is 0 Å². The molecule has 0 aromatic heterocycles. The van der Waals surface area contributed by atoms with E-state index in [1.165, 1.54) is 4.31 Å². The van der Waals surface area contributed by atoms with Crippen LogP contribution in [0.15, 0.2) is 78.9 Å². The molecule has 4 rings (SSSR count). The number of nitrogens with one attached hydrogen (secondary N) is 2. The molecule has 9 heteroatoms. The van der Waals surface area contributed by atoms with Crippen LogP contribution >= 0.6 is 11.6 Å². The van der Waals surface area contributed by atoms with Gasteiger partial charge in [0.05, 0.1) is 23.0 Å². The Labute approximate surface area is 222 Å². The molecule has 2 amide bonds. The number of para-hydroxylation sites is 1. The molecule has 3 aromatic carbocycles. The summed E-state index contributed by atoms with van der Waals surface area (Å²) in [6, 6.07) is 23.1. The minimum Gasteiger partial charge on any atom is -0.345 e. The second-order valence-electron chi connectivity index (χ2n) is 9.20. The topological polar surface area (TPSA) is 95.6 Å². The van der Waals surface area contributed by atoms with Crippen LogP contribution in [-0.4, -0.2) is 37.6 Å². The smallest absolute Gasteiger partial charge is 0.253 e. The maximum Gasteiger partial charge on any atom is 0.253 e. The van der Waals surface area contributed by atoms with Crippen LogP contribution in [0, 0.1) is 5.92 Å². The highest BCUT2D eigenvalue weighted by Gasteiger charge is 2.31. The van der Waals surface area contributed by atoms with E-state index in [9.17, 15) is 18.0 Å². The van der Waals surface area contributed by atoms with Gasteiger partial charge in [-0.1, -0.05) is 66.2 Å². The predicted octanol–water partition coefficient (Wildman–Crippen LogP) is 5.01. The van der Waals surface area contributed by atoms with Crippen molar-refractivity contribution < 1.29 is 18.0 Å². The first-order chi connectivity index (χ1) is 17.7. The van der Waals surface area contributed by atoms with Crippen molar-refractivity contribution >= 4 is 39.1 Å². The van der Waals surface area contributed by atoms with Crippen molar-refractivity contribution in [2.45, 2.75) is 31.6 Å². The fourth-order valence-corrected chi connectivity index (χ4v) is 6.09. The first-order valence-electron chi connectivity index (χ1n) is 12.2. The molecule has 1 fully saturated rings. The van der Waals surface area contributed by atoms with Crippen LogP contribution in [0.25, 0.3) is 0 Å². The summed E-state index contributed by atoms with van der Waals surface area (Å²) in [4.78, 5) is 26.0.